The predicted octanol–water partition coefficient (Wildman–Crippen LogP) is 4.70. The molecule has 2 aliphatic rings. The zero-order chi connectivity index (χ0) is 31.5. The molecule has 0 aliphatic carbocycles. The molecule has 0 N–H and O–H groups in total. The van der Waals surface area contributed by atoms with E-state index in [0.29, 0.717) is 57.6 Å². The number of aryl methyl sites for hydroxylation is 1. The average Bonchev–Trinajstić information content (AvgIpc) is 3.24. The second-order valence-electron chi connectivity index (χ2n) is 13.0. The fourth-order valence-corrected chi connectivity index (χ4v) is 5.69. The molecule has 2 saturated heterocycles. The number of nitrogens with zero attached hydrogens (tertiary/aromatic N) is 5. The van der Waals surface area contributed by atoms with E-state index in [0.717, 1.165) is 18.6 Å². The summed E-state index contributed by atoms with van der Waals surface area (Å²) in [4.78, 5) is 50.6. The topological polar surface area (TPSA) is 97.2 Å². The van der Waals surface area contributed by atoms with E-state index >= 15 is 0 Å². The second-order valence-corrected chi connectivity index (χ2v) is 13.0. The summed E-state index contributed by atoms with van der Waals surface area (Å²) in [5, 5.41) is 0. The van der Waals surface area contributed by atoms with Gasteiger partial charge in [0.25, 0.3) is 5.91 Å². The molecule has 0 unspecified atom stereocenters. The molecule has 0 spiro atoms. The van der Waals surface area contributed by atoms with Crippen LogP contribution in [0.1, 0.15) is 70.9 Å². The van der Waals surface area contributed by atoms with Crippen LogP contribution in [0.2, 0.25) is 0 Å². The summed E-state index contributed by atoms with van der Waals surface area (Å²) < 4.78 is 41.0. The third kappa shape index (κ3) is 7.82. The quantitative estimate of drug-likeness (QED) is 0.365. The zero-order valence-electron chi connectivity index (χ0n) is 26.2. The molecule has 238 valence electrons. The summed E-state index contributed by atoms with van der Waals surface area (Å²) in [5.41, 5.74) is -0.218. The highest BCUT2D eigenvalue weighted by molar-refractivity contribution is 5.95. The number of hydrogen-bond acceptors (Lipinski definition) is 6. The molecule has 43 heavy (non-hydrogen) atoms. The third-order valence-electron chi connectivity index (χ3n) is 7.82. The first-order valence-corrected chi connectivity index (χ1v) is 15.2. The van der Waals surface area contributed by atoms with E-state index in [-0.39, 0.29) is 36.3 Å². The van der Waals surface area contributed by atoms with Gasteiger partial charge >= 0.3 is 6.09 Å². The van der Waals surface area contributed by atoms with Crippen molar-refractivity contribution in [1.82, 2.24) is 24.3 Å². The molecule has 10 nitrogen and oxygen atoms in total. The fraction of sp³-hybridized carbons (Fsp3) is 0.677. The lowest BCUT2D eigenvalue weighted by Crippen LogP contribution is -2.59. The summed E-state index contributed by atoms with van der Waals surface area (Å²) in [6.45, 7) is 12.3. The lowest BCUT2D eigenvalue weighted by atomic mass is 9.90. The van der Waals surface area contributed by atoms with Gasteiger partial charge in [-0.2, -0.15) is 0 Å². The average molecular weight is 606 g/mol. The number of likely N-dealkylation sites (tertiary alicyclic amines) is 2. The van der Waals surface area contributed by atoms with Crippen LogP contribution in [0.3, 0.4) is 0 Å². The molecule has 2 fully saturated rings. The molecule has 0 saturated carbocycles. The van der Waals surface area contributed by atoms with Gasteiger partial charge in [-0.3, -0.25) is 9.59 Å². The van der Waals surface area contributed by atoms with Crippen LogP contribution >= 0.6 is 0 Å². The summed E-state index contributed by atoms with van der Waals surface area (Å²) in [6, 6.07) is 1.58. The summed E-state index contributed by atoms with van der Waals surface area (Å²) in [6.07, 6.45) is 2.12. The Morgan fingerprint density at radius 1 is 1.07 bits per heavy atom. The van der Waals surface area contributed by atoms with Gasteiger partial charge in [0.2, 0.25) is 5.91 Å². The number of benzene rings is 1. The third-order valence-corrected chi connectivity index (χ3v) is 7.82. The Labute approximate surface area is 252 Å². The highest BCUT2D eigenvalue weighted by Gasteiger charge is 2.42. The summed E-state index contributed by atoms with van der Waals surface area (Å²) in [7, 11) is 1.61. The number of carbonyl (C=O) groups is 3. The number of unbranched alkanes of at least 4 members (excludes halogenated alkanes) is 1. The SMILES string of the molecule is COCCCCn1c(C(=O)N(CC(C)C)[C@H]2C[C@@H](C(=O)N3CCC3)CN(C(=O)OC(C)(C)C)C2)nc2cc(F)c(F)cc21. The molecule has 2 aliphatic heterocycles. The van der Waals surface area contributed by atoms with Gasteiger partial charge in [-0.15, -0.1) is 0 Å². The molecule has 12 heteroatoms. The Morgan fingerprint density at radius 2 is 1.77 bits per heavy atom. The van der Waals surface area contributed by atoms with E-state index in [1.165, 1.54) is 4.90 Å². The van der Waals surface area contributed by atoms with Crippen molar-refractivity contribution in [3.05, 3.63) is 29.6 Å². The molecule has 3 amide bonds. The number of piperidine rings is 1. The van der Waals surface area contributed by atoms with Crippen LogP contribution < -0.4 is 0 Å². The first-order chi connectivity index (χ1) is 20.3. The monoisotopic (exact) mass is 605 g/mol. The van der Waals surface area contributed by atoms with Crippen molar-refractivity contribution in [2.45, 2.75) is 78.5 Å². The maximum Gasteiger partial charge on any atom is 0.410 e. The van der Waals surface area contributed by atoms with Crippen LogP contribution in [-0.4, -0.2) is 100 Å². The first-order valence-electron chi connectivity index (χ1n) is 15.2. The fourth-order valence-electron chi connectivity index (χ4n) is 5.69. The van der Waals surface area contributed by atoms with Gasteiger partial charge in [0.15, 0.2) is 17.5 Å². The van der Waals surface area contributed by atoms with Crippen molar-refractivity contribution >= 4 is 28.9 Å². The lowest BCUT2D eigenvalue weighted by molar-refractivity contribution is -0.141. The maximum absolute atomic E-state index is 14.4. The number of halogens is 2. The van der Waals surface area contributed by atoms with Crippen molar-refractivity contribution in [1.29, 1.82) is 0 Å². The number of imidazole rings is 1. The Kier molecular flexibility index (Phi) is 10.3. The summed E-state index contributed by atoms with van der Waals surface area (Å²) in [5.74, 6) is -2.87. The Hall–Kier alpha value is -3.28. The van der Waals surface area contributed by atoms with Crippen molar-refractivity contribution < 1.29 is 32.6 Å². The first kappa shape index (κ1) is 32.6. The molecule has 1 aromatic carbocycles. The molecule has 0 radical (unpaired) electrons. The van der Waals surface area contributed by atoms with Gasteiger partial charge in [-0.25, -0.2) is 18.6 Å². The van der Waals surface area contributed by atoms with Crippen LogP contribution in [0.15, 0.2) is 12.1 Å². The van der Waals surface area contributed by atoms with Gasteiger partial charge in [0.05, 0.1) is 23.0 Å². The molecule has 3 heterocycles. The number of aromatic nitrogens is 2. The minimum atomic E-state index is -1.04. The molecule has 0 bridgehead atoms. The molecular formula is C31H45F2N5O5. The van der Waals surface area contributed by atoms with E-state index in [2.05, 4.69) is 4.98 Å². The van der Waals surface area contributed by atoms with Crippen molar-refractivity contribution in [3.63, 3.8) is 0 Å². The maximum atomic E-state index is 14.4. The van der Waals surface area contributed by atoms with Crippen LogP contribution in [0.5, 0.6) is 0 Å². The van der Waals surface area contributed by atoms with Gasteiger partial charge in [0, 0.05) is 65.1 Å². The number of carbonyl (C=O) groups excluding carboxylic acids is 3. The molecule has 2 atom stereocenters. The molecular weight excluding hydrogens is 560 g/mol. The largest absolute Gasteiger partial charge is 0.444 e. The molecule has 4 rings (SSSR count). The molecule has 2 aromatic rings. The lowest BCUT2D eigenvalue weighted by Gasteiger charge is -2.44. The van der Waals surface area contributed by atoms with E-state index in [9.17, 15) is 23.2 Å². The number of hydrogen-bond donors (Lipinski definition) is 0. The minimum Gasteiger partial charge on any atom is -0.444 e. The number of amides is 3. The normalized spacial score (nSPS) is 19.1. The van der Waals surface area contributed by atoms with E-state index < -0.39 is 41.2 Å². The zero-order valence-corrected chi connectivity index (χ0v) is 26.2. The Bertz CT molecular complexity index is 1320. The van der Waals surface area contributed by atoms with Gasteiger partial charge in [-0.1, -0.05) is 13.8 Å². The van der Waals surface area contributed by atoms with E-state index in [1.807, 2.05) is 13.8 Å². The number of ether oxygens (including phenoxy) is 2. The van der Waals surface area contributed by atoms with Crippen molar-refractivity contribution in [2.75, 3.05) is 46.4 Å². The van der Waals surface area contributed by atoms with Crippen LogP contribution in [0.4, 0.5) is 13.6 Å². The van der Waals surface area contributed by atoms with E-state index in [4.69, 9.17) is 9.47 Å². The van der Waals surface area contributed by atoms with Crippen LogP contribution in [-0.2, 0) is 20.8 Å². The number of methoxy groups -OCH3 is 1. The van der Waals surface area contributed by atoms with Gasteiger partial charge in [-0.05, 0) is 52.4 Å². The predicted molar refractivity (Wildman–Crippen MR) is 158 cm³/mol. The van der Waals surface area contributed by atoms with Gasteiger partial charge < -0.3 is 28.7 Å². The second kappa shape index (κ2) is 13.6. The highest BCUT2D eigenvalue weighted by atomic mass is 19.2. The number of fused-ring (bicyclic) bond motifs is 1. The van der Waals surface area contributed by atoms with Gasteiger partial charge in [0.1, 0.15) is 5.60 Å². The Balaban J connectivity index is 1.71. The van der Waals surface area contributed by atoms with Crippen LogP contribution in [0.25, 0.3) is 11.0 Å². The molecule has 1 aromatic heterocycles. The van der Waals surface area contributed by atoms with Crippen molar-refractivity contribution in [2.24, 2.45) is 11.8 Å². The van der Waals surface area contributed by atoms with Crippen molar-refractivity contribution in [3.8, 4) is 0 Å². The standard InChI is InChI=1S/C31H45F2N5O5/c1-20(2)17-38(22-14-21(28(39)35-10-9-11-35)18-36(19-22)30(41)43-31(3,4)5)29(40)27-34-25-15-23(32)24(33)16-26(25)37(27)12-7-8-13-42-6/h15-16,20-22H,7-14,17-19H2,1-6H3/t21-,22+/m1/s1. The number of rotatable bonds is 10. The van der Waals surface area contributed by atoms with E-state index in [1.54, 1.807) is 42.2 Å². The summed E-state index contributed by atoms with van der Waals surface area (Å²) >= 11 is 0. The minimum absolute atomic E-state index is 0.0298. The van der Waals surface area contributed by atoms with Crippen LogP contribution in [0, 0.1) is 23.5 Å². The smallest absolute Gasteiger partial charge is 0.410 e. The Morgan fingerprint density at radius 3 is 2.37 bits per heavy atom. The highest BCUT2D eigenvalue weighted by Crippen LogP contribution is 2.29.